The van der Waals surface area contributed by atoms with Gasteiger partial charge in [-0.25, -0.2) is 13.2 Å². The highest BCUT2D eigenvalue weighted by Gasteiger charge is 2.20. The summed E-state index contributed by atoms with van der Waals surface area (Å²) in [6, 6.07) is 4.30. The van der Waals surface area contributed by atoms with Gasteiger partial charge in [-0.15, -0.1) is 0 Å². The molecule has 0 atom stereocenters. The maximum Gasteiger partial charge on any atom is 0.337 e. The number of halogens is 1. The topological polar surface area (TPSA) is 92.8 Å². The number of anilines is 1. The Morgan fingerprint density at radius 2 is 2.00 bits per heavy atom. The lowest BCUT2D eigenvalue weighted by atomic mass is 10.2. The smallest absolute Gasteiger partial charge is 0.337 e. The Morgan fingerprint density at radius 1 is 1.33 bits per heavy atom. The molecule has 7 nitrogen and oxygen atoms in total. The number of ether oxygens (including phenoxy) is 1. The van der Waals surface area contributed by atoms with E-state index in [0.29, 0.717) is 6.42 Å². The van der Waals surface area contributed by atoms with Crippen LogP contribution in [0.5, 0.6) is 0 Å². The molecule has 0 aromatic heterocycles. The molecule has 0 unspecified atom stereocenters. The number of carbonyl (C=O) groups excluding carboxylic acids is 2. The molecule has 0 bridgehead atoms. The van der Waals surface area contributed by atoms with E-state index in [0.717, 1.165) is 17.0 Å². The fourth-order valence-corrected chi connectivity index (χ4v) is 2.89. The number of esters is 1. The van der Waals surface area contributed by atoms with E-state index in [4.69, 9.17) is 11.6 Å². The molecule has 0 fully saturated rings. The maximum absolute atomic E-state index is 12.1. The number of nitrogens with one attached hydrogen (secondary N) is 1. The van der Waals surface area contributed by atoms with Gasteiger partial charge in [0.1, 0.15) is 0 Å². The number of hydrogen-bond acceptors (Lipinski definition) is 5. The molecule has 134 valence electrons. The second-order valence-electron chi connectivity index (χ2n) is 5.18. The number of methoxy groups -OCH3 is 1. The highest BCUT2D eigenvalue weighted by atomic mass is 35.5. The van der Waals surface area contributed by atoms with E-state index in [1.165, 1.54) is 25.3 Å². The number of unbranched alkanes of at least 4 members (excludes halogenated alkanes) is 1. The van der Waals surface area contributed by atoms with Gasteiger partial charge in [0, 0.05) is 6.54 Å². The number of carbonyl (C=O) groups is 2. The Bertz CT molecular complexity index is 706. The Balaban J connectivity index is 2.88. The van der Waals surface area contributed by atoms with Gasteiger partial charge >= 0.3 is 5.97 Å². The van der Waals surface area contributed by atoms with E-state index in [2.05, 4.69) is 10.1 Å². The van der Waals surface area contributed by atoms with Crippen LogP contribution in [-0.2, 0) is 19.6 Å². The van der Waals surface area contributed by atoms with E-state index in [1.54, 1.807) is 0 Å². The third kappa shape index (κ3) is 6.10. The first-order chi connectivity index (χ1) is 11.2. The van der Waals surface area contributed by atoms with Gasteiger partial charge in [0.2, 0.25) is 15.9 Å². The summed E-state index contributed by atoms with van der Waals surface area (Å²) in [5, 5.41) is 2.76. The molecule has 0 spiro atoms. The minimum absolute atomic E-state index is 0.216. The molecule has 1 rings (SSSR count). The van der Waals surface area contributed by atoms with Crippen LogP contribution >= 0.6 is 11.6 Å². The Morgan fingerprint density at radius 3 is 2.54 bits per heavy atom. The predicted molar refractivity (Wildman–Crippen MR) is 92.7 cm³/mol. The van der Waals surface area contributed by atoms with Crippen molar-refractivity contribution in [3.63, 3.8) is 0 Å². The fourth-order valence-electron chi connectivity index (χ4n) is 1.91. The molecule has 0 aliphatic rings. The van der Waals surface area contributed by atoms with E-state index in [1.807, 2.05) is 6.92 Å². The summed E-state index contributed by atoms with van der Waals surface area (Å²) in [6.07, 6.45) is 2.51. The molecule has 24 heavy (non-hydrogen) atoms. The van der Waals surface area contributed by atoms with E-state index in [9.17, 15) is 18.0 Å². The first-order valence-corrected chi connectivity index (χ1v) is 9.54. The molecule has 1 N–H and O–H groups in total. The lowest BCUT2D eigenvalue weighted by Gasteiger charge is -2.19. The van der Waals surface area contributed by atoms with Gasteiger partial charge in [-0.2, -0.15) is 4.31 Å². The van der Waals surface area contributed by atoms with Crippen LogP contribution in [0.4, 0.5) is 5.69 Å². The SMILES string of the molecule is CCCCN(CC(=O)Nc1cc(C(=O)OC)ccc1Cl)S(C)(=O)=O. The molecule has 0 aliphatic heterocycles. The lowest BCUT2D eigenvalue weighted by molar-refractivity contribution is -0.116. The van der Waals surface area contributed by atoms with E-state index < -0.39 is 21.9 Å². The summed E-state index contributed by atoms with van der Waals surface area (Å²) in [4.78, 5) is 23.7. The van der Waals surface area contributed by atoms with Crippen LogP contribution in [0.1, 0.15) is 30.1 Å². The molecule has 9 heteroatoms. The number of benzene rings is 1. The van der Waals surface area contributed by atoms with Crippen molar-refractivity contribution in [3.8, 4) is 0 Å². The van der Waals surface area contributed by atoms with Gasteiger partial charge in [0.05, 0.1) is 36.2 Å². The third-order valence-electron chi connectivity index (χ3n) is 3.21. The van der Waals surface area contributed by atoms with Gasteiger partial charge in [-0.3, -0.25) is 4.79 Å². The molecule has 0 aliphatic carbocycles. The summed E-state index contributed by atoms with van der Waals surface area (Å²) in [5.41, 5.74) is 0.441. The number of hydrogen-bond donors (Lipinski definition) is 1. The van der Waals surface area contributed by atoms with Crippen molar-refractivity contribution in [3.05, 3.63) is 28.8 Å². The van der Waals surface area contributed by atoms with Crippen LogP contribution < -0.4 is 5.32 Å². The lowest BCUT2D eigenvalue weighted by Crippen LogP contribution is -2.38. The van der Waals surface area contributed by atoms with Gasteiger partial charge in [0.25, 0.3) is 0 Å². The molecule has 1 aromatic carbocycles. The Labute approximate surface area is 147 Å². The number of amides is 1. The average Bonchev–Trinajstić information content (AvgIpc) is 2.51. The molecule has 0 radical (unpaired) electrons. The van der Waals surface area contributed by atoms with E-state index in [-0.39, 0.29) is 29.4 Å². The zero-order valence-electron chi connectivity index (χ0n) is 13.8. The highest BCUT2D eigenvalue weighted by molar-refractivity contribution is 7.88. The monoisotopic (exact) mass is 376 g/mol. The van der Waals surface area contributed by atoms with Crippen LogP contribution in [0.15, 0.2) is 18.2 Å². The van der Waals surface area contributed by atoms with Crippen LogP contribution in [0, 0.1) is 0 Å². The second-order valence-corrected chi connectivity index (χ2v) is 7.57. The van der Waals surface area contributed by atoms with Gasteiger partial charge in [0.15, 0.2) is 0 Å². The van der Waals surface area contributed by atoms with Crippen molar-refractivity contribution in [2.45, 2.75) is 19.8 Å². The van der Waals surface area contributed by atoms with Gasteiger partial charge in [-0.05, 0) is 24.6 Å². The molecule has 1 aromatic rings. The zero-order valence-corrected chi connectivity index (χ0v) is 15.4. The largest absolute Gasteiger partial charge is 0.465 e. The Kier molecular flexibility index (Phi) is 7.65. The van der Waals surface area contributed by atoms with Crippen LogP contribution in [0.2, 0.25) is 5.02 Å². The van der Waals surface area contributed by atoms with Crippen molar-refractivity contribution in [2.75, 3.05) is 31.8 Å². The molecule has 0 saturated heterocycles. The van der Waals surface area contributed by atoms with Crippen LogP contribution in [0.25, 0.3) is 0 Å². The molecular weight excluding hydrogens is 356 g/mol. The molecule has 0 heterocycles. The molecule has 0 saturated carbocycles. The summed E-state index contributed by atoms with van der Waals surface area (Å²) in [7, 11) is -2.25. The second kappa shape index (κ2) is 9.00. The van der Waals surface area contributed by atoms with Gasteiger partial charge < -0.3 is 10.1 Å². The van der Waals surface area contributed by atoms with Crippen molar-refractivity contribution in [1.29, 1.82) is 0 Å². The number of rotatable bonds is 8. The summed E-state index contributed by atoms with van der Waals surface area (Å²) < 4.78 is 29.2. The first-order valence-electron chi connectivity index (χ1n) is 7.31. The van der Waals surface area contributed by atoms with Crippen LogP contribution in [0.3, 0.4) is 0 Å². The summed E-state index contributed by atoms with van der Waals surface area (Å²) in [6.45, 7) is 1.87. The summed E-state index contributed by atoms with van der Waals surface area (Å²) in [5.74, 6) is -1.11. The quantitative estimate of drug-likeness (QED) is 0.701. The van der Waals surface area contributed by atoms with Crippen molar-refractivity contribution < 1.29 is 22.7 Å². The van der Waals surface area contributed by atoms with Crippen LogP contribution in [-0.4, -0.2) is 51.1 Å². The molecular formula is C15H21ClN2O5S. The first kappa shape index (κ1) is 20.4. The number of nitrogens with zero attached hydrogens (tertiary/aromatic N) is 1. The summed E-state index contributed by atoms with van der Waals surface area (Å²) >= 11 is 6.00. The minimum Gasteiger partial charge on any atom is -0.465 e. The van der Waals surface area contributed by atoms with Crippen molar-refractivity contribution in [1.82, 2.24) is 4.31 Å². The molecule has 1 amide bonds. The van der Waals surface area contributed by atoms with Crippen molar-refractivity contribution in [2.24, 2.45) is 0 Å². The average molecular weight is 377 g/mol. The standard InChI is InChI=1S/C15H21ClN2O5S/c1-4-5-8-18(24(3,21)22)10-14(19)17-13-9-11(15(20)23-2)6-7-12(13)16/h6-7,9H,4-5,8,10H2,1-3H3,(H,17,19). The minimum atomic E-state index is -3.49. The predicted octanol–water partition coefficient (Wildman–Crippen LogP) is 2.13. The van der Waals surface area contributed by atoms with E-state index >= 15 is 0 Å². The fraction of sp³-hybridized carbons (Fsp3) is 0.467. The Hall–Kier alpha value is -1.64. The maximum atomic E-state index is 12.1. The number of sulfonamides is 1. The third-order valence-corrected chi connectivity index (χ3v) is 4.79. The van der Waals surface area contributed by atoms with Gasteiger partial charge in [-0.1, -0.05) is 24.9 Å². The highest BCUT2D eigenvalue weighted by Crippen LogP contribution is 2.23. The zero-order chi connectivity index (χ0) is 18.3. The van der Waals surface area contributed by atoms with Crippen molar-refractivity contribution >= 4 is 39.2 Å². The normalized spacial score (nSPS) is 11.4.